The van der Waals surface area contributed by atoms with Crippen molar-refractivity contribution in [3.63, 3.8) is 0 Å². The van der Waals surface area contributed by atoms with E-state index >= 15 is 0 Å². The average Bonchev–Trinajstić information content (AvgIpc) is 3.89. The van der Waals surface area contributed by atoms with Gasteiger partial charge in [-0.15, -0.1) is 11.3 Å². The molecule has 238 valence electrons. The van der Waals surface area contributed by atoms with Crippen molar-refractivity contribution in [1.29, 1.82) is 0 Å². The summed E-state index contributed by atoms with van der Waals surface area (Å²) in [7, 11) is 0. The van der Waals surface area contributed by atoms with Crippen LogP contribution in [0.15, 0.2) is 160 Å². The maximum absolute atomic E-state index is 6.77. The summed E-state index contributed by atoms with van der Waals surface area (Å²) in [6.45, 7) is 0. The van der Waals surface area contributed by atoms with Crippen LogP contribution < -0.4 is 0 Å². The van der Waals surface area contributed by atoms with E-state index in [2.05, 4.69) is 78.9 Å². The standard InChI is InChI=1S/C45H25N3O2S/c1-2-11-26(12-3-1)43-46-44(27-21-24-37-34(25-27)28-13-4-7-17-35(28)49-37)48-45(47-43)33-23-22-30(42-41(33)31-14-5-8-18-36(31)50-42)29-16-10-20-39-40(29)32-15-6-9-19-38(32)51-39/h1-25H. The molecule has 0 aliphatic carbocycles. The van der Waals surface area contributed by atoms with E-state index in [1.54, 1.807) is 0 Å². The zero-order chi connectivity index (χ0) is 33.5. The number of nitrogens with zero attached hydrogens (tertiary/aromatic N) is 3. The molecule has 0 radical (unpaired) electrons. The Morgan fingerprint density at radius 3 is 1.88 bits per heavy atom. The fraction of sp³-hybridized carbons (Fsp3) is 0. The van der Waals surface area contributed by atoms with Crippen molar-refractivity contribution in [2.75, 3.05) is 0 Å². The van der Waals surface area contributed by atoms with Crippen LogP contribution in [0.5, 0.6) is 0 Å². The summed E-state index contributed by atoms with van der Waals surface area (Å²) in [5.74, 6) is 1.77. The summed E-state index contributed by atoms with van der Waals surface area (Å²) < 4.78 is 15.4. The van der Waals surface area contributed by atoms with E-state index in [9.17, 15) is 0 Å². The monoisotopic (exact) mass is 671 g/mol. The highest BCUT2D eigenvalue weighted by Gasteiger charge is 2.22. The molecule has 0 amide bonds. The van der Waals surface area contributed by atoms with Gasteiger partial charge in [-0.25, -0.2) is 15.0 Å². The van der Waals surface area contributed by atoms with Gasteiger partial charge >= 0.3 is 0 Å². The van der Waals surface area contributed by atoms with Gasteiger partial charge in [-0.05, 0) is 60.2 Å². The molecule has 5 nitrogen and oxygen atoms in total. The molecule has 11 rings (SSSR count). The van der Waals surface area contributed by atoms with Crippen LogP contribution in [0.2, 0.25) is 0 Å². The van der Waals surface area contributed by atoms with Crippen LogP contribution >= 0.6 is 11.3 Å². The molecule has 0 saturated heterocycles. The molecular weight excluding hydrogens is 647 g/mol. The quantitative estimate of drug-likeness (QED) is 0.186. The first kappa shape index (κ1) is 28.2. The van der Waals surface area contributed by atoms with Gasteiger partial charge in [0.05, 0.1) is 0 Å². The van der Waals surface area contributed by atoms with Crippen LogP contribution in [0.4, 0.5) is 0 Å². The molecule has 11 aromatic rings. The highest BCUT2D eigenvalue weighted by atomic mass is 32.1. The number of rotatable bonds is 4. The summed E-state index contributed by atoms with van der Waals surface area (Å²) in [6, 6.07) is 52.0. The second kappa shape index (κ2) is 10.9. The molecule has 51 heavy (non-hydrogen) atoms. The van der Waals surface area contributed by atoms with E-state index < -0.39 is 0 Å². The van der Waals surface area contributed by atoms with E-state index in [0.29, 0.717) is 17.5 Å². The molecule has 6 heteroatoms. The number of hydrogen-bond donors (Lipinski definition) is 0. The van der Waals surface area contributed by atoms with Crippen LogP contribution in [-0.4, -0.2) is 15.0 Å². The van der Waals surface area contributed by atoms with Crippen molar-refractivity contribution in [3.8, 4) is 45.3 Å². The summed E-state index contributed by atoms with van der Waals surface area (Å²) in [6.07, 6.45) is 0. The van der Waals surface area contributed by atoms with Gasteiger partial charge in [-0.1, -0.05) is 97.1 Å². The van der Waals surface area contributed by atoms with Crippen LogP contribution in [0.25, 0.3) is 109 Å². The molecule has 4 aromatic heterocycles. The molecule has 0 unspecified atom stereocenters. The highest BCUT2D eigenvalue weighted by Crippen LogP contribution is 2.46. The lowest BCUT2D eigenvalue weighted by Gasteiger charge is -2.11. The van der Waals surface area contributed by atoms with Crippen molar-refractivity contribution in [1.82, 2.24) is 15.0 Å². The normalized spacial score (nSPS) is 11.9. The lowest BCUT2D eigenvalue weighted by atomic mass is 9.95. The SMILES string of the molecule is c1ccc(-c2nc(-c3ccc4oc5ccccc5c4c3)nc(-c3ccc(-c4cccc5sc6ccccc6c45)c4oc5ccccc5c34)n2)cc1. The predicted octanol–water partition coefficient (Wildman–Crippen LogP) is 12.7. The van der Waals surface area contributed by atoms with Crippen LogP contribution in [0.3, 0.4) is 0 Å². The maximum atomic E-state index is 6.77. The Morgan fingerprint density at radius 2 is 1.02 bits per heavy atom. The first-order chi connectivity index (χ1) is 25.3. The third-order valence-corrected chi connectivity index (χ3v) is 10.9. The minimum Gasteiger partial charge on any atom is -0.456 e. The molecule has 0 saturated carbocycles. The van der Waals surface area contributed by atoms with Gasteiger partial charge in [0, 0.05) is 64.0 Å². The molecule has 0 bridgehead atoms. The third kappa shape index (κ3) is 4.37. The minimum atomic E-state index is 0.582. The van der Waals surface area contributed by atoms with Crippen molar-refractivity contribution in [2.45, 2.75) is 0 Å². The van der Waals surface area contributed by atoms with E-state index in [1.807, 2.05) is 84.1 Å². The molecule has 0 aliphatic rings. The number of benzene rings is 7. The smallest absolute Gasteiger partial charge is 0.164 e. The van der Waals surface area contributed by atoms with Crippen LogP contribution in [0, 0.1) is 0 Å². The number of furan rings is 2. The van der Waals surface area contributed by atoms with Gasteiger partial charge in [0.25, 0.3) is 0 Å². The van der Waals surface area contributed by atoms with E-state index in [-0.39, 0.29) is 0 Å². The van der Waals surface area contributed by atoms with Gasteiger partial charge in [0.2, 0.25) is 0 Å². The second-order valence-electron chi connectivity index (χ2n) is 12.7. The molecule has 0 spiro atoms. The zero-order valence-electron chi connectivity index (χ0n) is 27.0. The van der Waals surface area contributed by atoms with Crippen LogP contribution in [-0.2, 0) is 0 Å². The van der Waals surface area contributed by atoms with Gasteiger partial charge in [0.1, 0.15) is 22.3 Å². The number of aromatic nitrogens is 3. The Labute approximate surface area is 295 Å². The Bertz CT molecular complexity index is 3160. The summed E-state index contributed by atoms with van der Waals surface area (Å²) in [5.41, 5.74) is 8.17. The minimum absolute atomic E-state index is 0.582. The number of para-hydroxylation sites is 2. The number of fused-ring (bicyclic) bond motifs is 9. The van der Waals surface area contributed by atoms with Gasteiger partial charge in [-0.2, -0.15) is 0 Å². The summed E-state index contributed by atoms with van der Waals surface area (Å²) in [5, 5.41) is 6.56. The maximum Gasteiger partial charge on any atom is 0.164 e. The molecule has 4 heterocycles. The van der Waals surface area contributed by atoms with E-state index in [1.165, 1.54) is 20.2 Å². The van der Waals surface area contributed by atoms with Gasteiger partial charge < -0.3 is 8.83 Å². The predicted molar refractivity (Wildman–Crippen MR) is 209 cm³/mol. The molecule has 7 aromatic carbocycles. The molecule has 0 fully saturated rings. The lowest BCUT2D eigenvalue weighted by molar-refractivity contribution is 0.669. The van der Waals surface area contributed by atoms with Crippen LogP contribution in [0.1, 0.15) is 0 Å². The Hall–Kier alpha value is -6.63. The highest BCUT2D eigenvalue weighted by molar-refractivity contribution is 7.25. The molecule has 0 atom stereocenters. The zero-order valence-corrected chi connectivity index (χ0v) is 27.8. The van der Waals surface area contributed by atoms with Crippen molar-refractivity contribution < 1.29 is 8.83 Å². The third-order valence-electron chi connectivity index (χ3n) is 9.76. The topological polar surface area (TPSA) is 65.0 Å². The average molecular weight is 672 g/mol. The largest absolute Gasteiger partial charge is 0.456 e. The van der Waals surface area contributed by atoms with Gasteiger partial charge in [-0.3, -0.25) is 0 Å². The first-order valence-electron chi connectivity index (χ1n) is 16.9. The Kier molecular flexibility index (Phi) is 6.05. The summed E-state index contributed by atoms with van der Waals surface area (Å²) >= 11 is 1.82. The number of hydrogen-bond acceptors (Lipinski definition) is 6. The summed E-state index contributed by atoms with van der Waals surface area (Å²) in [4.78, 5) is 15.4. The fourth-order valence-electron chi connectivity index (χ4n) is 7.43. The Balaban J connectivity index is 1.18. The fourth-order valence-corrected chi connectivity index (χ4v) is 8.56. The van der Waals surface area contributed by atoms with Crippen molar-refractivity contribution in [2.24, 2.45) is 0 Å². The molecular formula is C45H25N3O2S. The molecule has 0 N–H and O–H groups in total. The first-order valence-corrected chi connectivity index (χ1v) is 17.7. The number of thiophene rings is 1. The van der Waals surface area contributed by atoms with E-state index in [4.69, 9.17) is 23.8 Å². The molecule has 0 aliphatic heterocycles. The van der Waals surface area contributed by atoms with Crippen molar-refractivity contribution in [3.05, 3.63) is 152 Å². The Morgan fingerprint density at radius 1 is 0.373 bits per heavy atom. The van der Waals surface area contributed by atoms with Gasteiger partial charge in [0.15, 0.2) is 17.5 Å². The van der Waals surface area contributed by atoms with E-state index in [0.717, 1.165) is 71.7 Å². The lowest BCUT2D eigenvalue weighted by Crippen LogP contribution is -2.00. The van der Waals surface area contributed by atoms with Crippen molar-refractivity contribution >= 4 is 75.4 Å². The second-order valence-corrected chi connectivity index (χ2v) is 13.8.